The van der Waals surface area contributed by atoms with Gasteiger partial charge in [-0.1, -0.05) is 25.0 Å². The van der Waals surface area contributed by atoms with Crippen molar-refractivity contribution < 1.29 is 17.5 Å². The number of nitrogens with zero attached hydrogens (tertiary/aromatic N) is 1. The van der Waals surface area contributed by atoms with Crippen LogP contribution in [0.15, 0.2) is 59.8 Å². The lowest BCUT2D eigenvalue weighted by Gasteiger charge is -2.35. The average Bonchev–Trinajstić information content (AvgIpc) is 2.90. The highest BCUT2D eigenvalue weighted by Gasteiger charge is 2.29. The van der Waals surface area contributed by atoms with Gasteiger partial charge in [-0.15, -0.1) is 0 Å². The molecule has 3 aromatic rings. The third-order valence-electron chi connectivity index (χ3n) is 7.36. The van der Waals surface area contributed by atoms with E-state index in [1.54, 1.807) is 13.3 Å². The molecule has 0 unspecified atom stereocenters. The van der Waals surface area contributed by atoms with Gasteiger partial charge >= 0.3 is 0 Å². The van der Waals surface area contributed by atoms with Crippen molar-refractivity contribution in [2.75, 3.05) is 19.4 Å². The van der Waals surface area contributed by atoms with Gasteiger partial charge in [-0.2, -0.15) is 0 Å². The molecule has 0 saturated carbocycles. The zero-order valence-corrected chi connectivity index (χ0v) is 22.6. The Hall–Kier alpha value is -3.01. The summed E-state index contributed by atoms with van der Waals surface area (Å²) in [5, 5.41) is 8.92. The first-order valence-corrected chi connectivity index (χ1v) is 14.7. The fourth-order valence-electron chi connectivity index (χ4n) is 5.44. The molecule has 2 aromatic carbocycles. The van der Waals surface area contributed by atoms with Gasteiger partial charge in [-0.3, -0.25) is 4.98 Å². The third-order valence-corrected chi connectivity index (χ3v) is 8.27. The first-order chi connectivity index (χ1) is 18.3. The number of aryl methyl sites for hydroxylation is 2. The quantitative estimate of drug-likeness (QED) is 0.230. The molecule has 0 saturated heterocycles. The van der Waals surface area contributed by atoms with Crippen molar-refractivity contribution in [3.05, 3.63) is 82.9 Å². The van der Waals surface area contributed by atoms with Gasteiger partial charge < -0.3 is 15.8 Å². The number of benzene rings is 2. The summed E-state index contributed by atoms with van der Waals surface area (Å²) in [4.78, 5) is 3.77. The van der Waals surface area contributed by atoms with Crippen LogP contribution < -0.4 is 20.9 Å². The molecule has 0 aliphatic heterocycles. The summed E-state index contributed by atoms with van der Waals surface area (Å²) in [5.41, 5.74) is 10.2. The lowest BCUT2D eigenvalue weighted by atomic mass is 9.76. The third kappa shape index (κ3) is 7.09. The van der Waals surface area contributed by atoms with Crippen LogP contribution in [0.1, 0.15) is 60.3 Å². The molecule has 0 bridgehead atoms. The minimum Gasteiger partial charge on any atom is -0.497 e. The highest BCUT2D eigenvalue weighted by molar-refractivity contribution is 7.89. The number of nitrogens with two attached hydrogens (primary N) is 2. The molecule has 0 fully saturated rings. The Bertz CT molecular complexity index is 1340. The number of anilines is 1. The molecule has 9 heteroatoms. The largest absolute Gasteiger partial charge is 0.497 e. The topological polar surface area (TPSA) is 120 Å². The summed E-state index contributed by atoms with van der Waals surface area (Å²) in [6.07, 6.45) is 10.8. The van der Waals surface area contributed by atoms with Crippen molar-refractivity contribution in [3.63, 3.8) is 0 Å². The summed E-state index contributed by atoms with van der Waals surface area (Å²) in [5.74, 6) is 0.459. The number of halogens is 1. The number of fused-ring (bicyclic) bond motifs is 1. The summed E-state index contributed by atoms with van der Waals surface area (Å²) in [7, 11) is -2.45. The Balaban J connectivity index is 1.29. The molecule has 7 nitrogen and oxygen atoms in total. The minimum atomic E-state index is -4.15. The van der Waals surface area contributed by atoms with Gasteiger partial charge in [-0.25, -0.2) is 17.9 Å². The van der Waals surface area contributed by atoms with E-state index in [-0.39, 0.29) is 5.69 Å². The van der Waals surface area contributed by atoms with Crippen LogP contribution in [0.2, 0.25) is 0 Å². The zero-order chi connectivity index (χ0) is 27.1. The number of hydrogen-bond donors (Lipinski definition) is 3. The molecule has 38 heavy (non-hydrogen) atoms. The van der Waals surface area contributed by atoms with Gasteiger partial charge in [0, 0.05) is 30.0 Å². The smallest absolute Gasteiger partial charge is 0.241 e. The van der Waals surface area contributed by atoms with E-state index >= 15 is 0 Å². The number of sulfonamides is 1. The number of unbranched alkanes of at least 4 members (excludes halogenated alkanes) is 3. The maximum atomic E-state index is 14.6. The Labute approximate surface area is 224 Å². The van der Waals surface area contributed by atoms with Crippen LogP contribution in [0.5, 0.6) is 5.75 Å². The first-order valence-electron chi connectivity index (χ1n) is 13.2. The van der Waals surface area contributed by atoms with E-state index in [0.717, 1.165) is 63.3 Å². The van der Waals surface area contributed by atoms with Crippen molar-refractivity contribution in [1.29, 1.82) is 0 Å². The Morgan fingerprint density at radius 2 is 1.95 bits per heavy atom. The second-order valence-corrected chi connectivity index (χ2v) is 11.6. The van der Waals surface area contributed by atoms with Crippen molar-refractivity contribution in [3.8, 4) is 5.75 Å². The van der Waals surface area contributed by atoms with E-state index in [1.807, 2.05) is 18.3 Å². The van der Waals surface area contributed by atoms with Crippen LogP contribution in [0.4, 0.5) is 10.1 Å². The number of hydrogen-bond acceptors (Lipinski definition) is 6. The lowest BCUT2D eigenvalue weighted by Crippen LogP contribution is -2.39. The van der Waals surface area contributed by atoms with E-state index in [1.165, 1.54) is 22.8 Å². The fraction of sp³-hybridized carbons (Fsp3) is 0.414. The van der Waals surface area contributed by atoms with Gasteiger partial charge in [0.1, 0.15) is 16.5 Å². The standard InChI is InChI=1S/C29H37FN4O3S/c1-37-24-10-11-25-21(17-24)9-12-27(26(25)15-20-7-6-13-33-19-20)34-14-5-3-2-4-8-22-16-23(31)18-28(29(22)30)38(32,35)36/h6-7,10-11,13,16-19,26-27,34H,2-5,8-9,12,14-15,31H2,1H3,(H2,32,35,36)/t26-,27+/m1/s1. The zero-order valence-electron chi connectivity index (χ0n) is 21.8. The minimum absolute atomic E-state index is 0.197. The van der Waals surface area contributed by atoms with Crippen LogP contribution in [0.3, 0.4) is 0 Å². The van der Waals surface area contributed by atoms with E-state index in [9.17, 15) is 12.8 Å². The fourth-order valence-corrected chi connectivity index (χ4v) is 6.12. The van der Waals surface area contributed by atoms with Crippen LogP contribution >= 0.6 is 0 Å². The molecule has 1 heterocycles. The van der Waals surface area contributed by atoms with Gasteiger partial charge in [0.25, 0.3) is 0 Å². The number of nitrogens with one attached hydrogen (secondary N) is 1. The maximum absolute atomic E-state index is 14.6. The summed E-state index contributed by atoms with van der Waals surface area (Å²) >= 11 is 0. The second-order valence-electron chi connectivity index (χ2n) is 10.0. The first kappa shape index (κ1) is 28.0. The van der Waals surface area contributed by atoms with Crippen molar-refractivity contribution >= 4 is 15.7 Å². The van der Waals surface area contributed by atoms with Crippen LogP contribution in [0, 0.1) is 5.82 Å². The SMILES string of the molecule is COc1ccc2c(c1)CC[C@H](NCCCCCCc1cc(N)cc(S(N)(=O)=O)c1F)[C@@H]2Cc1cccnc1. The number of nitrogen functional groups attached to an aromatic ring is 1. The highest BCUT2D eigenvalue weighted by atomic mass is 32.2. The van der Waals surface area contributed by atoms with Crippen molar-refractivity contribution in [2.24, 2.45) is 5.14 Å². The molecule has 0 amide bonds. The second kappa shape index (κ2) is 12.7. The Morgan fingerprint density at radius 3 is 2.68 bits per heavy atom. The molecule has 4 rings (SSSR count). The molecule has 1 aliphatic rings. The maximum Gasteiger partial charge on any atom is 0.241 e. The van der Waals surface area contributed by atoms with Crippen LogP contribution in [-0.2, 0) is 29.3 Å². The number of methoxy groups -OCH3 is 1. The van der Waals surface area contributed by atoms with E-state index < -0.39 is 20.7 Å². The molecule has 0 spiro atoms. The number of primary sulfonamides is 1. The normalized spacial score (nSPS) is 17.2. The molecule has 204 valence electrons. The highest BCUT2D eigenvalue weighted by Crippen LogP contribution is 2.36. The predicted octanol–water partition coefficient (Wildman–Crippen LogP) is 4.49. The van der Waals surface area contributed by atoms with Gasteiger partial charge in [-0.05, 0) is 97.7 Å². The van der Waals surface area contributed by atoms with Crippen molar-refractivity contribution in [2.45, 2.75) is 68.2 Å². The predicted molar refractivity (Wildman–Crippen MR) is 148 cm³/mol. The van der Waals surface area contributed by atoms with E-state index in [2.05, 4.69) is 28.5 Å². The molecular formula is C29H37FN4O3S. The molecule has 2 atom stereocenters. The molecule has 1 aliphatic carbocycles. The van der Waals surface area contributed by atoms with Gasteiger partial charge in [0.05, 0.1) is 7.11 Å². The van der Waals surface area contributed by atoms with Gasteiger partial charge in [0.2, 0.25) is 10.0 Å². The monoisotopic (exact) mass is 540 g/mol. The molecular weight excluding hydrogens is 503 g/mol. The lowest BCUT2D eigenvalue weighted by molar-refractivity contribution is 0.376. The Morgan fingerprint density at radius 1 is 1.13 bits per heavy atom. The summed E-state index contributed by atoms with van der Waals surface area (Å²) < 4.78 is 43.3. The van der Waals surface area contributed by atoms with Crippen LogP contribution in [-0.4, -0.2) is 33.1 Å². The average molecular weight is 541 g/mol. The van der Waals surface area contributed by atoms with E-state index in [4.69, 9.17) is 15.6 Å². The Kier molecular flexibility index (Phi) is 9.35. The summed E-state index contributed by atoms with van der Waals surface area (Å²) in [6, 6.07) is 13.5. The van der Waals surface area contributed by atoms with Crippen LogP contribution in [0.25, 0.3) is 0 Å². The molecule has 5 N–H and O–H groups in total. The summed E-state index contributed by atoms with van der Waals surface area (Å²) in [6.45, 7) is 0.905. The number of pyridine rings is 1. The molecule has 1 aromatic heterocycles. The molecule has 0 radical (unpaired) electrons. The number of rotatable bonds is 12. The number of aromatic nitrogens is 1. The van der Waals surface area contributed by atoms with Gasteiger partial charge in [0.15, 0.2) is 0 Å². The van der Waals surface area contributed by atoms with Crippen molar-refractivity contribution in [1.82, 2.24) is 10.3 Å². The number of ether oxygens (including phenoxy) is 1. The van der Waals surface area contributed by atoms with E-state index in [0.29, 0.717) is 23.9 Å².